The summed E-state index contributed by atoms with van der Waals surface area (Å²) in [4.78, 5) is 22.4. The number of fused-ring (bicyclic) bond motifs is 1. The molecule has 3 rings (SSSR count). The fourth-order valence-electron chi connectivity index (χ4n) is 3.99. The van der Waals surface area contributed by atoms with Crippen LogP contribution in [0.4, 0.5) is 5.13 Å². The summed E-state index contributed by atoms with van der Waals surface area (Å²) >= 11 is 1.45. The van der Waals surface area contributed by atoms with Crippen molar-refractivity contribution in [2.24, 2.45) is 0 Å². The van der Waals surface area contributed by atoms with Crippen molar-refractivity contribution in [1.82, 2.24) is 14.2 Å². The van der Waals surface area contributed by atoms with Crippen molar-refractivity contribution in [1.29, 1.82) is 0 Å². The van der Waals surface area contributed by atoms with Crippen LogP contribution in [0.25, 0.3) is 10.2 Å². The molecular weight excluding hydrogens is 508 g/mol. The second-order valence-electron chi connectivity index (χ2n) is 9.02. The molecule has 8 nitrogen and oxygen atoms in total. The lowest BCUT2D eigenvalue weighted by atomic mass is 10.2. The summed E-state index contributed by atoms with van der Waals surface area (Å²) in [5.74, 6) is 0.486. The average molecular weight is 547 g/mol. The third-order valence-corrected chi connectivity index (χ3v) is 9.02. The van der Waals surface area contributed by atoms with Crippen LogP contribution in [0.5, 0.6) is 5.75 Å². The van der Waals surface area contributed by atoms with Gasteiger partial charge in [-0.1, -0.05) is 37.7 Å². The van der Waals surface area contributed by atoms with E-state index >= 15 is 0 Å². The number of nitrogens with zero attached hydrogens (tertiary/aromatic N) is 4. The van der Waals surface area contributed by atoms with E-state index in [9.17, 15) is 13.2 Å². The molecule has 0 aliphatic heterocycles. The normalized spacial score (nSPS) is 12.0. The third kappa shape index (κ3) is 7.07. The van der Waals surface area contributed by atoms with E-state index in [1.807, 2.05) is 53.1 Å². The molecule has 0 N–H and O–H groups in total. The average Bonchev–Trinajstić information content (AvgIpc) is 3.31. The second-order valence-corrected chi connectivity index (χ2v) is 12.0. The third-order valence-electron chi connectivity index (χ3n) is 5.99. The Morgan fingerprint density at radius 1 is 0.973 bits per heavy atom. The number of thiazole rings is 1. The lowest BCUT2D eigenvalue weighted by Gasteiger charge is -2.22. The minimum absolute atomic E-state index is 0.197. The maximum atomic E-state index is 13.7. The Balaban J connectivity index is 1.92. The Bertz CT molecular complexity index is 1270. The van der Waals surface area contributed by atoms with E-state index in [0.717, 1.165) is 36.0 Å². The summed E-state index contributed by atoms with van der Waals surface area (Å²) in [5.41, 5.74) is 1.16. The van der Waals surface area contributed by atoms with Gasteiger partial charge < -0.3 is 9.64 Å². The SMILES string of the molecule is CCCCN(CC)S(=O)(=O)c1ccc(C(=O)N(CCCN(C)C)c2nc3c(OCC)cccc3s2)cc1. The van der Waals surface area contributed by atoms with Crippen LogP contribution in [-0.4, -0.2) is 75.4 Å². The Kier molecular flexibility index (Phi) is 10.5. The fraction of sp³-hybridized carbons (Fsp3) is 0.481. The minimum atomic E-state index is -3.61. The predicted molar refractivity (Wildman–Crippen MR) is 151 cm³/mol. The van der Waals surface area contributed by atoms with Gasteiger partial charge in [0, 0.05) is 25.2 Å². The van der Waals surface area contributed by atoms with Crippen LogP contribution in [0.3, 0.4) is 0 Å². The highest BCUT2D eigenvalue weighted by molar-refractivity contribution is 7.89. The molecule has 37 heavy (non-hydrogen) atoms. The molecule has 0 aliphatic carbocycles. The van der Waals surface area contributed by atoms with Gasteiger partial charge in [-0.3, -0.25) is 9.69 Å². The van der Waals surface area contributed by atoms with Crippen LogP contribution in [0, 0.1) is 0 Å². The van der Waals surface area contributed by atoms with Crippen LogP contribution >= 0.6 is 11.3 Å². The highest BCUT2D eigenvalue weighted by Crippen LogP contribution is 2.35. The molecule has 0 atom stereocenters. The molecule has 0 radical (unpaired) electrons. The molecule has 1 aromatic heterocycles. The molecule has 1 heterocycles. The number of amides is 1. The smallest absolute Gasteiger partial charge is 0.260 e. The van der Waals surface area contributed by atoms with E-state index in [1.54, 1.807) is 17.0 Å². The zero-order chi connectivity index (χ0) is 27.0. The zero-order valence-corrected chi connectivity index (χ0v) is 24.1. The van der Waals surface area contributed by atoms with Crippen LogP contribution in [0.1, 0.15) is 50.4 Å². The van der Waals surface area contributed by atoms with Gasteiger partial charge in [-0.2, -0.15) is 4.31 Å². The monoisotopic (exact) mass is 546 g/mol. The Morgan fingerprint density at radius 2 is 1.70 bits per heavy atom. The molecule has 0 unspecified atom stereocenters. The van der Waals surface area contributed by atoms with Gasteiger partial charge in [0.2, 0.25) is 10.0 Å². The van der Waals surface area contributed by atoms with Crippen molar-refractivity contribution in [2.45, 2.75) is 44.9 Å². The van der Waals surface area contributed by atoms with Crippen molar-refractivity contribution >= 4 is 42.6 Å². The number of ether oxygens (including phenoxy) is 1. The zero-order valence-electron chi connectivity index (χ0n) is 22.4. The summed E-state index contributed by atoms with van der Waals surface area (Å²) < 4.78 is 34.4. The summed E-state index contributed by atoms with van der Waals surface area (Å²) in [7, 11) is 0.384. The first-order valence-corrected chi connectivity index (χ1v) is 15.1. The maximum absolute atomic E-state index is 13.7. The van der Waals surface area contributed by atoms with Crippen molar-refractivity contribution in [3.05, 3.63) is 48.0 Å². The molecule has 1 amide bonds. The van der Waals surface area contributed by atoms with Crippen LogP contribution in [0.2, 0.25) is 0 Å². The summed E-state index contributed by atoms with van der Waals surface area (Å²) in [6.07, 6.45) is 2.49. The van der Waals surface area contributed by atoms with Crippen molar-refractivity contribution < 1.29 is 17.9 Å². The molecule has 0 fully saturated rings. The van der Waals surface area contributed by atoms with Gasteiger partial charge in [0.15, 0.2) is 5.13 Å². The molecule has 3 aromatic rings. The second kappa shape index (κ2) is 13.3. The van der Waals surface area contributed by atoms with E-state index in [1.165, 1.54) is 27.8 Å². The molecule has 0 saturated carbocycles. The van der Waals surface area contributed by atoms with E-state index in [2.05, 4.69) is 4.90 Å². The largest absolute Gasteiger partial charge is 0.492 e. The lowest BCUT2D eigenvalue weighted by molar-refractivity contribution is 0.0986. The molecular formula is C27H38N4O4S2. The number of hydrogen-bond donors (Lipinski definition) is 0. The summed E-state index contributed by atoms with van der Waals surface area (Å²) in [6.45, 7) is 8.53. The maximum Gasteiger partial charge on any atom is 0.260 e. The van der Waals surface area contributed by atoms with Crippen LogP contribution < -0.4 is 9.64 Å². The van der Waals surface area contributed by atoms with Gasteiger partial charge in [0.25, 0.3) is 5.91 Å². The van der Waals surface area contributed by atoms with Gasteiger partial charge in [-0.25, -0.2) is 13.4 Å². The van der Waals surface area contributed by atoms with Crippen molar-refractivity contribution in [3.8, 4) is 5.75 Å². The number of benzene rings is 2. The number of para-hydroxylation sites is 1. The first kappa shape index (κ1) is 29.0. The number of carbonyl (C=O) groups excluding carboxylic acids is 1. The molecule has 202 valence electrons. The molecule has 2 aromatic carbocycles. The number of anilines is 1. The molecule has 0 bridgehead atoms. The van der Waals surface area contributed by atoms with E-state index in [0.29, 0.717) is 42.7 Å². The van der Waals surface area contributed by atoms with Gasteiger partial charge in [-0.15, -0.1) is 0 Å². The first-order valence-electron chi connectivity index (χ1n) is 12.8. The Morgan fingerprint density at radius 3 is 2.32 bits per heavy atom. The van der Waals surface area contributed by atoms with Gasteiger partial charge >= 0.3 is 0 Å². The summed E-state index contributed by atoms with van der Waals surface area (Å²) in [5, 5.41) is 0.597. The van der Waals surface area contributed by atoms with Crippen LogP contribution in [0.15, 0.2) is 47.4 Å². The highest BCUT2D eigenvalue weighted by atomic mass is 32.2. The van der Waals surface area contributed by atoms with E-state index in [-0.39, 0.29) is 10.8 Å². The lowest BCUT2D eigenvalue weighted by Crippen LogP contribution is -2.34. The van der Waals surface area contributed by atoms with Gasteiger partial charge in [0.05, 0.1) is 16.2 Å². The number of carbonyl (C=O) groups is 1. The molecule has 0 aliphatic rings. The topological polar surface area (TPSA) is 83.1 Å². The highest BCUT2D eigenvalue weighted by Gasteiger charge is 2.25. The van der Waals surface area contributed by atoms with Crippen LogP contribution in [-0.2, 0) is 10.0 Å². The minimum Gasteiger partial charge on any atom is -0.492 e. The molecule has 10 heteroatoms. The van der Waals surface area contributed by atoms with Gasteiger partial charge in [-0.05, 0) is 76.8 Å². The quantitative estimate of drug-likeness (QED) is 0.280. The predicted octanol–water partition coefficient (Wildman–Crippen LogP) is 5.10. The number of hydrogen-bond acceptors (Lipinski definition) is 7. The Labute approximate surface area is 224 Å². The number of sulfonamides is 1. The van der Waals surface area contributed by atoms with Crippen molar-refractivity contribution in [2.75, 3.05) is 51.8 Å². The standard InChI is InChI=1S/C27H38N4O4S2/c1-6-9-19-30(7-2)37(33,34)22-16-14-21(15-17-22)26(32)31(20-11-18-29(4)5)27-28-25-23(35-8-3)12-10-13-24(25)36-27/h10,12-17H,6-9,11,18-20H2,1-5H3. The number of rotatable bonds is 14. The van der Waals surface area contributed by atoms with E-state index < -0.39 is 10.0 Å². The fourth-order valence-corrected chi connectivity index (χ4v) is 6.48. The number of unbranched alkanes of at least 4 members (excludes halogenated alkanes) is 1. The summed E-state index contributed by atoms with van der Waals surface area (Å²) in [6, 6.07) is 12.0. The van der Waals surface area contributed by atoms with Gasteiger partial charge in [0.1, 0.15) is 11.3 Å². The van der Waals surface area contributed by atoms with E-state index in [4.69, 9.17) is 9.72 Å². The first-order chi connectivity index (χ1) is 17.7. The number of aromatic nitrogens is 1. The Hall–Kier alpha value is -2.53. The molecule has 0 saturated heterocycles. The molecule has 0 spiro atoms. The van der Waals surface area contributed by atoms with Crippen molar-refractivity contribution in [3.63, 3.8) is 0 Å².